The monoisotopic (exact) mass is 388 g/mol. The third kappa shape index (κ3) is 9.21. The van der Waals surface area contributed by atoms with Crippen LogP contribution < -0.4 is 0 Å². The lowest BCUT2D eigenvalue weighted by Crippen LogP contribution is -2.50. The summed E-state index contributed by atoms with van der Waals surface area (Å²) >= 11 is 0. The Kier molecular flexibility index (Phi) is 10.2. The fraction of sp³-hybridized carbons (Fsp3) is 1.00. The molecule has 0 saturated carbocycles. The second kappa shape index (κ2) is 10.1. The lowest BCUT2D eigenvalue weighted by Gasteiger charge is -2.44. The van der Waals surface area contributed by atoms with Gasteiger partial charge in [0.2, 0.25) is 0 Å². The van der Waals surface area contributed by atoms with E-state index < -0.39 is 16.6 Å². The zero-order chi connectivity index (χ0) is 19.9. The summed E-state index contributed by atoms with van der Waals surface area (Å²) in [5.41, 5.74) is 0. The average Bonchev–Trinajstić information content (AvgIpc) is 2.39. The lowest BCUT2D eigenvalue weighted by molar-refractivity contribution is -0.0242. The quantitative estimate of drug-likeness (QED) is 0.202. The van der Waals surface area contributed by atoms with Crippen LogP contribution in [0.15, 0.2) is 0 Å². The number of hydrogen-bond acceptors (Lipinski definition) is 2. The smallest absolute Gasteiger partial charge is 0.195 e. The molecule has 0 radical (unpaired) electrons. The van der Waals surface area contributed by atoms with Crippen LogP contribution in [0, 0.1) is 0 Å². The highest BCUT2D eigenvalue weighted by molar-refractivity contribution is 6.75. The topological polar surface area (TPSA) is 18.5 Å². The summed E-state index contributed by atoms with van der Waals surface area (Å²) in [5, 5.41) is 0.451. The molecule has 0 atom stereocenters. The van der Waals surface area contributed by atoms with Crippen molar-refractivity contribution in [3.05, 3.63) is 0 Å². The van der Waals surface area contributed by atoms with Crippen molar-refractivity contribution in [3.63, 3.8) is 0 Å². The highest BCUT2D eigenvalue weighted by Crippen LogP contribution is 2.41. The molecule has 2 nitrogen and oxygen atoms in total. The Morgan fingerprint density at radius 3 is 1.36 bits per heavy atom. The maximum absolute atomic E-state index is 6.71. The Labute approximate surface area is 161 Å². The minimum atomic E-state index is -1.81. The van der Waals surface area contributed by atoms with Crippen molar-refractivity contribution in [1.29, 1.82) is 0 Å². The van der Waals surface area contributed by atoms with Gasteiger partial charge in [-0.15, -0.1) is 0 Å². The van der Waals surface area contributed by atoms with E-state index in [0.29, 0.717) is 0 Å². The average molecular weight is 389 g/mol. The molecule has 0 bridgehead atoms. The van der Waals surface area contributed by atoms with Crippen LogP contribution >= 0.6 is 0 Å². The van der Waals surface area contributed by atoms with E-state index in [1.807, 2.05) is 0 Å². The van der Waals surface area contributed by atoms with E-state index in [2.05, 4.69) is 74.7 Å². The maximum Gasteiger partial charge on any atom is 0.195 e. The van der Waals surface area contributed by atoms with Gasteiger partial charge in [-0.25, -0.2) is 0 Å². The standard InChI is InChI=1S/C21H48O2Si2/c1-12-13-14-15-16-17-18-19(22-24(8,9)20(2,3)4)23-25(10,11)21(5,6)7/h19H,12-18H2,1-11H3. The van der Waals surface area contributed by atoms with Gasteiger partial charge in [0.05, 0.1) is 0 Å². The molecule has 0 fully saturated rings. The normalized spacial score (nSPS) is 14.4. The Morgan fingerprint density at radius 1 is 0.640 bits per heavy atom. The molecule has 0 aliphatic rings. The van der Waals surface area contributed by atoms with Crippen LogP contribution in [-0.4, -0.2) is 22.9 Å². The first-order valence-corrected chi connectivity index (χ1v) is 16.3. The van der Waals surface area contributed by atoms with Crippen LogP contribution in [0.5, 0.6) is 0 Å². The molecule has 0 rings (SSSR count). The fourth-order valence-corrected chi connectivity index (χ4v) is 4.69. The van der Waals surface area contributed by atoms with Gasteiger partial charge in [-0.3, -0.25) is 0 Å². The summed E-state index contributed by atoms with van der Waals surface area (Å²) in [4.78, 5) is 0. The number of rotatable bonds is 11. The number of hydrogen-bond donors (Lipinski definition) is 0. The molecule has 0 aromatic carbocycles. The van der Waals surface area contributed by atoms with Crippen molar-refractivity contribution in [3.8, 4) is 0 Å². The zero-order valence-corrected chi connectivity index (χ0v) is 21.3. The molecular weight excluding hydrogens is 340 g/mol. The molecule has 0 saturated heterocycles. The lowest BCUT2D eigenvalue weighted by atomic mass is 10.1. The third-order valence-corrected chi connectivity index (χ3v) is 15.2. The molecule has 25 heavy (non-hydrogen) atoms. The van der Waals surface area contributed by atoms with E-state index in [4.69, 9.17) is 8.85 Å². The highest BCUT2D eigenvalue weighted by atomic mass is 28.4. The van der Waals surface area contributed by atoms with Crippen LogP contribution in [0.25, 0.3) is 0 Å². The van der Waals surface area contributed by atoms with Gasteiger partial charge in [-0.05, 0) is 49.1 Å². The van der Waals surface area contributed by atoms with E-state index in [0.717, 1.165) is 6.42 Å². The van der Waals surface area contributed by atoms with Crippen molar-refractivity contribution in [1.82, 2.24) is 0 Å². The summed E-state index contributed by atoms with van der Waals surface area (Å²) in [6.45, 7) is 25.5. The first-order chi connectivity index (χ1) is 11.1. The third-order valence-electron chi connectivity index (χ3n) is 6.26. The van der Waals surface area contributed by atoms with Gasteiger partial charge < -0.3 is 8.85 Å². The molecule has 0 unspecified atom stereocenters. The minimum absolute atomic E-state index is 0.0204. The van der Waals surface area contributed by atoms with Crippen molar-refractivity contribution in [2.45, 2.75) is 136 Å². The van der Waals surface area contributed by atoms with E-state index in [-0.39, 0.29) is 16.4 Å². The van der Waals surface area contributed by atoms with Crippen LogP contribution in [0.3, 0.4) is 0 Å². The summed E-state index contributed by atoms with van der Waals surface area (Å²) in [5.74, 6) is 0. The van der Waals surface area contributed by atoms with Crippen molar-refractivity contribution in [2.75, 3.05) is 0 Å². The Hall–Kier alpha value is 0.354. The van der Waals surface area contributed by atoms with Gasteiger partial charge in [0.25, 0.3) is 0 Å². The summed E-state index contributed by atoms with van der Waals surface area (Å²) in [6.07, 6.45) is 8.94. The highest BCUT2D eigenvalue weighted by Gasteiger charge is 2.43. The molecule has 0 aliphatic carbocycles. The van der Waals surface area contributed by atoms with Crippen LogP contribution in [-0.2, 0) is 8.85 Å². The van der Waals surface area contributed by atoms with Gasteiger partial charge in [-0.1, -0.05) is 80.6 Å². The summed E-state index contributed by atoms with van der Waals surface area (Å²) in [6, 6.07) is 0. The predicted octanol–water partition coefficient (Wildman–Crippen LogP) is 8.11. The summed E-state index contributed by atoms with van der Waals surface area (Å²) < 4.78 is 13.4. The second-order valence-corrected chi connectivity index (χ2v) is 20.3. The molecule has 0 aliphatic heterocycles. The van der Waals surface area contributed by atoms with Crippen molar-refractivity contribution >= 4 is 16.6 Å². The Bertz CT molecular complexity index is 337. The Morgan fingerprint density at radius 2 is 1.00 bits per heavy atom. The molecule has 0 heterocycles. The molecule has 4 heteroatoms. The van der Waals surface area contributed by atoms with Crippen LogP contribution in [0.4, 0.5) is 0 Å². The second-order valence-electron chi connectivity index (χ2n) is 10.7. The van der Waals surface area contributed by atoms with Gasteiger partial charge in [0, 0.05) is 0 Å². The largest absolute Gasteiger partial charge is 0.393 e. The molecule has 0 N–H and O–H groups in total. The predicted molar refractivity (Wildman–Crippen MR) is 118 cm³/mol. The van der Waals surface area contributed by atoms with E-state index in [9.17, 15) is 0 Å². The van der Waals surface area contributed by atoms with Crippen molar-refractivity contribution in [2.24, 2.45) is 0 Å². The molecule has 0 aromatic heterocycles. The molecule has 0 amide bonds. The molecule has 152 valence electrons. The van der Waals surface area contributed by atoms with Crippen LogP contribution in [0.1, 0.15) is 93.4 Å². The van der Waals surface area contributed by atoms with E-state index in [1.165, 1.54) is 38.5 Å². The van der Waals surface area contributed by atoms with Gasteiger partial charge in [0.1, 0.15) is 6.29 Å². The van der Waals surface area contributed by atoms with Gasteiger partial charge in [-0.2, -0.15) is 0 Å². The fourth-order valence-electron chi connectivity index (χ4n) is 2.24. The number of unbranched alkanes of at least 4 members (excludes halogenated alkanes) is 5. The van der Waals surface area contributed by atoms with Crippen LogP contribution in [0.2, 0.25) is 36.3 Å². The molecule has 0 spiro atoms. The molecule has 0 aromatic rings. The van der Waals surface area contributed by atoms with Crippen molar-refractivity contribution < 1.29 is 8.85 Å². The van der Waals surface area contributed by atoms with Gasteiger partial charge >= 0.3 is 0 Å². The Balaban J connectivity index is 4.89. The minimum Gasteiger partial charge on any atom is -0.393 e. The van der Waals surface area contributed by atoms with Gasteiger partial charge in [0.15, 0.2) is 16.6 Å². The first-order valence-electron chi connectivity index (χ1n) is 10.5. The summed E-state index contributed by atoms with van der Waals surface area (Å²) in [7, 11) is -3.62. The maximum atomic E-state index is 6.71. The van der Waals surface area contributed by atoms with E-state index in [1.54, 1.807) is 0 Å². The molecular formula is C21H48O2Si2. The first kappa shape index (κ1) is 25.4. The van der Waals surface area contributed by atoms with E-state index >= 15 is 0 Å². The zero-order valence-electron chi connectivity index (χ0n) is 19.3. The SMILES string of the molecule is CCCCCCCCC(O[Si](C)(C)C(C)(C)C)O[Si](C)(C)C(C)(C)C.